The quantitative estimate of drug-likeness (QED) is 0.788. The topological polar surface area (TPSA) is 77.2 Å². The van der Waals surface area contributed by atoms with Crippen LogP contribution in [0.3, 0.4) is 0 Å². The predicted molar refractivity (Wildman–Crippen MR) is 54.5 cm³/mol. The van der Waals surface area contributed by atoms with Gasteiger partial charge in [-0.15, -0.1) is 0 Å². The Morgan fingerprint density at radius 1 is 1.73 bits per heavy atom. The fourth-order valence-electron chi connectivity index (χ4n) is 1.16. The standard InChI is InChI=1S/C10H11N3O2/c1-13(6-4-9(14)15)10-8(7-11)3-2-5-12-10/h2-3,5H,4,6H2,1H3,(H,14,15). The van der Waals surface area contributed by atoms with Crippen LogP contribution >= 0.6 is 0 Å². The minimum Gasteiger partial charge on any atom is -0.481 e. The van der Waals surface area contributed by atoms with Gasteiger partial charge in [-0.1, -0.05) is 0 Å². The van der Waals surface area contributed by atoms with E-state index in [0.717, 1.165) is 0 Å². The Hall–Kier alpha value is -2.09. The van der Waals surface area contributed by atoms with E-state index in [9.17, 15) is 4.79 Å². The summed E-state index contributed by atoms with van der Waals surface area (Å²) in [5.41, 5.74) is 0.449. The van der Waals surface area contributed by atoms with Crippen molar-refractivity contribution in [2.75, 3.05) is 18.5 Å². The van der Waals surface area contributed by atoms with Gasteiger partial charge in [0, 0.05) is 19.8 Å². The van der Waals surface area contributed by atoms with Crippen LogP contribution in [0.1, 0.15) is 12.0 Å². The van der Waals surface area contributed by atoms with E-state index in [4.69, 9.17) is 10.4 Å². The molecule has 1 rings (SSSR count). The van der Waals surface area contributed by atoms with Crippen molar-refractivity contribution in [3.8, 4) is 6.07 Å². The molecule has 0 saturated heterocycles. The molecule has 0 aliphatic rings. The molecule has 1 aromatic rings. The first-order chi connectivity index (χ1) is 7.15. The van der Waals surface area contributed by atoms with Crippen LogP contribution in [-0.4, -0.2) is 29.7 Å². The van der Waals surface area contributed by atoms with Gasteiger partial charge < -0.3 is 10.0 Å². The van der Waals surface area contributed by atoms with Crippen LogP contribution in [0.25, 0.3) is 0 Å². The number of aliphatic carboxylic acids is 1. The highest BCUT2D eigenvalue weighted by Gasteiger charge is 2.09. The molecule has 0 saturated carbocycles. The summed E-state index contributed by atoms with van der Waals surface area (Å²) in [4.78, 5) is 16.1. The third kappa shape index (κ3) is 2.95. The summed E-state index contributed by atoms with van der Waals surface area (Å²) in [7, 11) is 1.71. The second-order valence-corrected chi connectivity index (χ2v) is 3.05. The van der Waals surface area contributed by atoms with Gasteiger partial charge in [0.05, 0.1) is 12.0 Å². The summed E-state index contributed by atoms with van der Waals surface area (Å²) >= 11 is 0. The average Bonchev–Trinajstić information content (AvgIpc) is 2.25. The minimum atomic E-state index is -0.865. The molecule has 0 aliphatic heterocycles. The molecule has 0 bridgehead atoms. The number of carbonyl (C=O) groups is 1. The van der Waals surface area contributed by atoms with Gasteiger partial charge in [-0.3, -0.25) is 4.79 Å². The highest BCUT2D eigenvalue weighted by Crippen LogP contribution is 2.14. The van der Waals surface area contributed by atoms with E-state index in [-0.39, 0.29) is 6.42 Å². The van der Waals surface area contributed by atoms with Crippen LogP contribution in [0.4, 0.5) is 5.82 Å². The van der Waals surface area contributed by atoms with Crippen LogP contribution in [0, 0.1) is 11.3 Å². The molecule has 0 aromatic carbocycles. The molecule has 5 nitrogen and oxygen atoms in total. The van der Waals surface area contributed by atoms with Crippen LogP contribution < -0.4 is 4.90 Å². The van der Waals surface area contributed by atoms with E-state index in [0.29, 0.717) is 17.9 Å². The molecule has 1 N–H and O–H groups in total. The number of aromatic nitrogens is 1. The first-order valence-corrected chi connectivity index (χ1v) is 4.43. The number of anilines is 1. The lowest BCUT2D eigenvalue weighted by molar-refractivity contribution is -0.136. The molecule has 1 heterocycles. The largest absolute Gasteiger partial charge is 0.481 e. The van der Waals surface area contributed by atoms with Gasteiger partial charge in [-0.2, -0.15) is 5.26 Å². The van der Waals surface area contributed by atoms with Gasteiger partial charge in [0.1, 0.15) is 11.9 Å². The summed E-state index contributed by atoms with van der Waals surface area (Å²) in [5, 5.41) is 17.3. The van der Waals surface area contributed by atoms with E-state index < -0.39 is 5.97 Å². The Bertz CT molecular complexity index is 398. The van der Waals surface area contributed by atoms with Gasteiger partial charge in [0.25, 0.3) is 0 Å². The molecule has 15 heavy (non-hydrogen) atoms. The third-order valence-electron chi connectivity index (χ3n) is 1.93. The molecule has 5 heteroatoms. The Labute approximate surface area is 87.6 Å². The fourth-order valence-corrected chi connectivity index (χ4v) is 1.16. The molecule has 78 valence electrons. The molecular weight excluding hydrogens is 194 g/mol. The maximum absolute atomic E-state index is 10.4. The highest BCUT2D eigenvalue weighted by molar-refractivity contribution is 5.67. The Balaban J connectivity index is 2.77. The maximum Gasteiger partial charge on any atom is 0.305 e. The Morgan fingerprint density at radius 2 is 2.47 bits per heavy atom. The van der Waals surface area contributed by atoms with E-state index in [1.165, 1.54) is 0 Å². The Morgan fingerprint density at radius 3 is 3.07 bits per heavy atom. The van der Waals surface area contributed by atoms with Crippen molar-refractivity contribution < 1.29 is 9.90 Å². The molecule has 1 aromatic heterocycles. The summed E-state index contributed by atoms with van der Waals surface area (Å²) in [6.45, 7) is 0.334. The van der Waals surface area contributed by atoms with E-state index >= 15 is 0 Å². The number of nitrogens with zero attached hydrogens (tertiary/aromatic N) is 3. The minimum absolute atomic E-state index is 0.0257. The molecule has 0 radical (unpaired) electrons. The normalized spacial score (nSPS) is 9.33. The van der Waals surface area contributed by atoms with Gasteiger partial charge >= 0.3 is 5.97 Å². The van der Waals surface area contributed by atoms with Crippen molar-refractivity contribution in [2.45, 2.75) is 6.42 Å². The van der Waals surface area contributed by atoms with Crippen molar-refractivity contribution in [2.24, 2.45) is 0 Å². The molecule has 0 fully saturated rings. The lowest BCUT2D eigenvalue weighted by Gasteiger charge is -2.17. The second-order valence-electron chi connectivity index (χ2n) is 3.05. The smallest absolute Gasteiger partial charge is 0.305 e. The van der Waals surface area contributed by atoms with E-state index in [1.54, 1.807) is 30.3 Å². The lowest BCUT2D eigenvalue weighted by atomic mass is 10.2. The molecule has 0 unspecified atom stereocenters. The van der Waals surface area contributed by atoms with Crippen molar-refractivity contribution >= 4 is 11.8 Å². The fraction of sp³-hybridized carbons (Fsp3) is 0.300. The summed E-state index contributed by atoms with van der Waals surface area (Å²) in [5.74, 6) is -0.350. The molecule has 0 aliphatic carbocycles. The first-order valence-electron chi connectivity index (χ1n) is 4.43. The Kier molecular flexibility index (Phi) is 3.63. The molecule has 0 amide bonds. The van der Waals surface area contributed by atoms with Crippen molar-refractivity contribution in [3.05, 3.63) is 23.9 Å². The molecular formula is C10H11N3O2. The van der Waals surface area contributed by atoms with Crippen molar-refractivity contribution in [1.29, 1.82) is 5.26 Å². The number of carboxylic acids is 1. The monoisotopic (exact) mass is 205 g/mol. The van der Waals surface area contributed by atoms with Crippen molar-refractivity contribution in [3.63, 3.8) is 0 Å². The van der Waals surface area contributed by atoms with Crippen LogP contribution in [0.15, 0.2) is 18.3 Å². The van der Waals surface area contributed by atoms with E-state index in [1.807, 2.05) is 6.07 Å². The number of pyridine rings is 1. The third-order valence-corrected chi connectivity index (χ3v) is 1.93. The second kappa shape index (κ2) is 4.96. The van der Waals surface area contributed by atoms with Gasteiger partial charge in [-0.05, 0) is 12.1 Å². The van der Waals surface area contributed by atoms with Crippen molar-refractivity contribution in [1.82, 2.24) is 4.98 Å². The number of hydrogen-bond donors (Lipinski definition) is 1. The highest BCUT2D eigenvalue weighted by atomic mass is 16.4. The van der Waals surface area contributed by atoms with Crippen LogP contribution in [0.5, 0.6) is 0 Å². The van der Waals surface area contributed by atoms with Crippen LogP contribution in [-0.2, 0) is 4.79 Å². The van der Waals surface area contributed by atoms with Gasteiger partial charge in [0.15, 0.2) is 0 Å². The summed E-state index contributed by atoms with van der Waals surface area (Å²) < 4.78 is 0. The predicted octanol–water partition coefficient (Wildman–Crippen LogP) is 0.864. The molecule has 0 atom stereocenters. The maximum atomic E-state index is 10.4. The number of rotatable bonds is 4. The molecule has 0 spiro atoms. The van der Waals surface area contributed by atoms with E-state index in [2.05, 4.69) is 4.98 Å². The zero-order valence-corrected chi connectivity index (χ0v) is 8.34. The lowest BCUT2D eigenvalue weighted by Crippen LogP contribution is -2.22. The SMILES string of the molecule is CN(CCC(=O)O)c1ncccc1C#N. The van der Waals surface area contributed by atoms with Gasteiger partial charge in [-0.25, -0.2) is 4.98 Å². The average molecular weight is 205 g/mol. The van der Waals surface area contributed by atoms with Crippen LogP contribution in [0.2, 0.25) is 0 Å². The zero-order chi connectivity index (χ0) is 11.3. The first kappa shape index (κ1) is 11.0. The number of hydrogen-bond acceptors (Lipinski definition) is 4. The zero-order valence-electron chi connectivity index (χ0n) is 8.34. The van der Waals surface area contributed by atoms with Gasteiger partial charge in [0.2, 0.25) is 0 Å². The summed E-state index contributed by atoms with van der Waals surface area (Å²) in [6, 6.07) is 5.34. The number of carboxylic acid groups (broad SMARTS) is 1. The summed E-state index contributed by atoms with van der Waals surface area (Å²) in [6.07, 6.45) is 1.60. The number of nitriles is 1.